The van der Waals surface area contributed by atoms with Gasteiger partial charge in [0, 0.05) is 39.7 Å². The number of rotatable bonds is 22. The molecule has 0 radical (unpaired) electrons. The van der Waals surface area contributed by atoms with Crippen molar-refractivity contribution < 1.29 is 0 Å². The van der Waals surface area contributed by atoms with Crippen molar-refractivity contribution in [3.8, 4) is 0 Å². The number of thiophene rings is 4. The van der Waals surface area contributed by atoms with Gasteiger partial charge in [-0.15, -0.1) is 45.3 Å². The van der Waals surface area contributed by atoms with E-state index in [1.54, 1.807) is 38.3 Å². The summed E-state index contributed by atoms with van der Waals surface area (Å²) in [5.41, 5.74) is 7.72. The lowest BCUT2D eigenvalue weighted by atomic mass is 9.69. The Morgan fingerprint density at radius 3 is 1.04 bits per heavy atom. The molecule has 0 saturated carbocycles. The Hall–Kier alpha value is -0.940. The number of unbranched alkanes of at least 4 members (excludes halogenated alkanes) is 12. The van der Waals surface area contributed by atoms with E-state index in [1.807, 2.05) is 22.3 Å². The summed E-state index contributed by atoms with van der Waals surface area (Å²) in [4.78, 5) is 6.70. The highest BCUT2D eigenvalue weighted by molar-refractivity contribution is 7.30. The van der Waals surface area contributed by atoms with Crippen molar-refractivity contribution >= 4 is 75.3 Å². The maximum Gasteiger partial charge on any atom is 0.0501 e. The zero-order chi connectivity index (χ0) is 35.5. The lowest BCUT2D eigenvalue weighted by molar-refractivity contribution is 0.426. The number of hydrogen-bond acceptors (Lipinski definition) is 4. The average molecular weight is 749 g/mol. The molecule has 0 atom stereocenters. The van der Waals surface area contributed by atoms with E-state index in [0.717, 1.165) is 0 Å². The molecule has 0 amide bonds. The van der Waals surface area contributed by atoms with Gasteiger partial charge in [0.25, 0.3) is 0 Å². The second-order valence-corrected chi connectivity index (χ2v) is 21.0. The highest BCUT2D eigenvalue weighted by Gasteiger charge is 2.59. The Morgan fingerprint density at radius 1 is 0.440 bits per heavy atom. The van der Waals surface area contributed by atoms with Crippen LogP contribution in [0.5, 0.6) is 0 Å². The van der Waals surface area contributed by atoms with Gasteiger partial charge in [0.15, 0.2) is 0 Å². The zero-order valence-electron chi connectivity index (χ0n) is 33.1. The highest BCUT2D eigenvalue weighted by Crippen LogP contribution is 2.73. The standard InChI is InChI=1S/C46H68S4/c1-9-13-17-21-25-45(26-22-18-14-10-2)37-38(44-39(45)41-35(50-44)29-33(47-41)31(5)6)46(27-23-19-15-11-3,28-24-20-16-12-4)40-42-36(49-43(37)40)30-34(48-42)32(7)8/h29-32H,9-28H2,1-8H3. The van der Waals surface area contributed by atoms with Crippen LogP contribution >= 0.6 is 45.3 Å². The van der Waals surface area contributed by atoms with Gasteiger partial charge in [0.1, 0.15) is 0 Å². The second kappa shape index (κ2) is 17.0. The van der Waals surface area contributed by atoms with Crippen molar-refractivity contribution in [2.24, 2.45) is 0 Å². The monoisotopic (exact) mass is 748 g/mol. The van der Waals surface area contributed by atoms with Crippen LogP contribution < -0.4 is 0 Å². The SMILES string of the molecule is CCCCCCC1(CCCCCC)C2=C(c3sc4cc(C(C)C)sc4c31)C(CCCCCC)(CCCCCC)c1c2sc2cc(C(C)C)sc12. The van der Waals surface area contributed by atoms with Crippen LogP contribution in [-0.4, -0.2) is 0 Å². The first kappa shape index (κ1) is 38.8. The molecule has 0 unspecified atom stereocenters. The van der Waals surface area contributed by atoms with Crippen LogP contribution in [-0.2, 0) is 10.8 Å². The third-order valence-corrected chi connectivity index (χ3v) is 17.8. The molecule has 2 aliphatic carbocycles. The molecule has 2 aliphatic rings. The molecule has 6 rings (SSSR count). The van der Waals surface area contributed by atoms with Crippen molar-refractivity contribution in [3.05, 3.63) is 42.8 Å². The number of hydrogen-bond donors (Lipinski definition) is 0. The van der Waals surface area contributed by atoms with Gasteiger partial charge in [0.05, 0.1) is 9.40 Å². The minimum atomic E-state index is 0.167. The quantitative estimate of drug-likeness (QED) is 0.0702. The zero-order valence-corrected chi connectivity index (χ0v) is 36.4. The number of allylic oxidation sites excluding steroid dienone is 2. The molecule has 0 spiro atoms. The Labute approximate surface area is 322 Å². The fraction of sp³-hybridized carbons (Fsp3) is 0.696. The van der Waals surface area contributed by atoms with Gasteiger partial charge < -0.3 is 0 Å². The summed E-state index contributed by atoms with van der Waals surface area (Å²) in [6.45, 7) is 19.2. The summed E-state index contributed by atoms with van der Waals surface area (Å²) in [7, 11) is 0. The van der Waals surface area contributed by atoms with Crippen molar-refractivity contribution in [1.29, 1.82) is 0 Å². The van der Waals surface area contributed by atoms with Crippen molar-refractivity contribution in [1.82, 2.24) is 0 Å². The van der Waals surface area contributed by atoms with Gasteiger partial charge in [-0.3, -0.25) is 0 Å². The van der Waals surface area contributed by atoms with E-state index < -0.39 is 0 Å². The molecule has 4 heteroatoms. The van der Waals surface area contributed by atoms with Crippen LogP contribution in [0.4, 0.5) is 0 Å². The van der Waals surface area contributed by atoms with Crippen molar-refractivity contribution in [2.45, 2.75) is 206 Å². The Balaban J connectivity index is 1.63. The van der Waals surface area contributed by atoms with Crippen LogP contribution in [0.2, 0.25) is 0 Å². The summed E-state index contributed by atoms with van der Waals surface area (Å²) < 4.78 is 6.57. The van der Waals surface area contributed by atoms with Crippen molar-refractivity contribution in [2.75, 3.05) is 0 Å². The van der Waals surface area contributed by atoms with Crippen LogP contribution in [0.15, 0.2) is 12.1 Å². The molecule has 0 N–H and O–H groups in total. The fourth-order valence-electron chi connectivity index (χ4n) is 9.66. The van der Waals surface area contributed by atoms with E-state index in [0.29, 0.717) is 11.8 Å². The lowest BCUT2D eigenvalue weighted by Crippen LogP contribution is -2.26. The van der Waals surface area contributed by atoms with E-state index in [-0.39, 0.29) is 10.8 Å². The molecule has 276 valence electrons. The Kier molecular flexibility index (Phi) is 13.2. The lowest BCUT2D eigenvalue weighted by Gasteiger charge is -2.34. The third kappa shape index (κ3) is 7.04. The summed E-state index contributed by atoms with van der Waals surface area (Å²) >= 11 is 8.82. The summed E-state index contributed by atoms with van der Waals surface area (Å²) in [5.74, 6) is 1.20. The van der Waals surface area contributed by atoms with E-state index in [4.69, 9.17) is 0 Å². The summed E-state index contributed by atoms with van der Waals surface area (Å²) in [5, 5.41) is 0. The molecule has 0 fully saturated rings. The molecule has 50 heavy (non-hydrogen) atoms. The van der Waals surface area contributed by atoms with Crippen LogP contribution in [0.25, 0.3) is 29.9 Å². The van der Waals surface area contributed by atoms with E-state index in [9.17, 15) is 0 Å². The average Bonchev–Trinajstić information content (AvgIpc) is 3.91. The Bertz CT molecular complexity index is 1580. The molecule has 4 aromatic heterocycles. The van der Waals surface area contributed by atoms with Crippen LogP contribution in [0.3, 0.4) is 0 Å². The second-order valence-electron chi connectivity index (χ2n) is 16.8. The first-order chi connectivity index (χ1) is 24.3. The van der Waals surface area contributed by atoms with Gasteiger partial charge in [-0.25, -0.2) is 0 Å². The van der Waals surface area contributed by atoms with Gasteiger partial charge in [-0.2, -0.15) is 0 Å². The summed E-state index contributed by atoms with van der Waals surface area (Å²) in [6, 6.07) is 5.24. The van der Waals surface area contributed by atoms with E-state index in [1.165, 1.54) is 128 Å². The normalized spacial score (nSPS) is 16.2. The summed E-state index contributed by atoms with van der Waals surface area (Å²) in [6.07, 6.45) is 27.1. The predicted octanol–water partition coefficient (Wildman–Crippen LogP) is 17.8. The maximum atomic E-state index is 2.62. The van der Waals surface area contributed by atoms with Crippen LogP contribution in [0, 0.1) is 0 Å². The molecule has 4 heterocycles. The molecule has 0 nitrogen and oxygen atoms in total. The minimum absolute atomic E-state index is 0.167. The fourth-order valence-corrected chi connectivity index (χ4v) is 15.6. The molecule has 0 aliphatic heterocycles. The first-order valence-corrected chi connectivity index (χ1v) is 24.4. The molecule has 0 saturated heterocycles. The minimum Gasteiger partial charge on any atom is -0.139 e. The molecule has 0 bridgehead atoms. The predicted molar refractivity (Wildman–Crippen MR) is 233 cm³/mol. The topological polar surface area (TPSA) is 0 Å². The van der Waals surface area contributed by atoms with Crippen LogP contribution in [0.1, 0.15) is 226 Å². The van der Waals surface area contributed by atoms with E-state index >= 15 is 0 Å². The Morgan fingerprint density at radius 2 is 0.760 bits per heavy atom. The first-order valence-electron chi connectivity index (χ1n) is 21.2. The maximum absolute atomic E-state index is 2.62. The smallest absolute Gasteiger partial charge is 0.0501 e. The number of fused-ring (bicyclic) bond motifs is 8. The third-order valence-electron chi connectivity index (χ3n) is 12.4. The molecule has 4 aromatic rings. The van der Waals surface area contributed by atoms with Gasteiger partial charge in [0.2, 0.25) is 0 Å². The van der Waals surface area contributed by atoms with Crippen molar-refractivity contribution in [3.63, 3.8) is 0 Å². The van der Waals surface area contributed by atoms with E-state index in [2.05, 4.69) is 113 Å². The molecular formula is C46H68S4. The highest BCUT2D eigenvalue weighted by atomic mass is 32.1. The molecule has 0 aromatic carbocycles. The largest absolute Gasteiger partial charge is 0.139 e. The van der Waals surface area contributed by atoms with Gasteiger partial charge in [-0.05, 0) is 71.9 Å². The molecular weight excluding hydrogens is 681 g/mol. The van der Waals surface area contributed by atoms with Gasteiger partial charge >= 0.3 is 0 Å². The van der Waals surface area contributed by atoms with Gasteiger partial charge in [-0.1, -0.05) is 158 Å².